The van der Waals surface area contributed by atoms with Gasteiger partial charge in [0.05, 0.1) is 37.1 Å². The van der Waals surface area contributed by atoms with Crippen LogP contribution in [0.5, 0.6) is 17.2 Å². The van der Waals surface area contributed by atoms with Gasteiger partial charge >= 0.3 is 0 Å². The number of hydrogen-bond acceptors (Lipinski definition) is 7. The third kappa shape index (κ3) is 6.14. The van der Waals surface area contributed by atoms with Crippen LogP contribution in [-0.4, -0.2) is 47.4 Å². The Hall–Kier alpha value is -4.05. The Bertz CT molecular complexity index is 1330. The summed E-state index contributed by atoms with van der Waals surface area (Å²) in [6.07, 6.45) is 0. The van der Waals surface area contributed by atoms with Crippen molar-refractivity contribution in [2.45, 2.75) is 18.7 Å². The minimum atomic E-state index is -4.08. The van der Waals surface area contributed by atoms with E-state index in [-0.39, 0.29) is 10.6 Å². The monoisotopic (exact) mass is 511 g/mol. The molecule has 0 atom stereocenters. The lowest BCUT2D eigenvalue weighted by molar-refractivity contribution is -0.119. The largest absolute Gasteiger partial charge is 0.493 e. The number of anilines is 1. The molecule has 0 aromatic heterocycles. The van der Waals surface area contributed by atoms with Crippen LogP contribution in [0.2, 0.25) is 0 Å². The van der Waals surface area contributed by atoms with Crippen molar-refractivity contribution >= 4 is 27.3 Å². The highest BCUT2D eigenvalue weighted by molar-refractivity contribution is 7.92. The van der Waals surface area contributed by atoms with Gasteiger partial charge in [0.15, 0.2) is 11.5 Å². The van der Waals surface area contributed by atoms with Crippen LogP contribution in [0, 0.1) is 0 Å². The molecule has 0 aliphatic carbocycles. The van der Waals surface area contributed by atoms with Gasteiger partial charge in [0.1, 0.15) is 12.3 Å². The molecule has 0 heterocycles. The molecule has 0 aliphatic heterocycles. The lowest BCUT2D eigenvalue weighted by atomic mass is 10.1. The second kappa shape index (κ2) is 12.1. The van der Waals surface area contributed by atoms with E-state index in [0.29, 0.717) is 35.1 Å². The van der Waals surface area contributed by atoms with E-state index in [1.165, 1.54) is 26.4 Å². The Balaban J connectivity index is 1.90. The summed E-state index contributed by atoms with van der Waals surface area (Å²) in [7, 11) is -1.02. The number of nitrogens with zero attached hydrogens (tertiary/aromatic N) is 2. The number of benzene rings is 3. The Morgan fingerprint density at radius 1 is 0.917 bits per heavy atom. The van der Waals surface area contributed by atoms with Gasteiger partial charge in [-0.05, 0) is 56.3 Å². The molecule has 0 spiro atoms. The van der Waals surface area contributed by atoms with Crippen molar-refractivity contribution in [1.82, 2.24) is 5.43 Å². The zero-order chi connectivity index (χ0) is 26.1. The van der Waals surface area contributed by atoms with Gasteiger partial charge in [-0.2, -0.15) is 5.10 Å². The number of hydrazone groups is 1. The number of carbonyl (C=O) groups is 1. The first kappa shape index (κ1) is 26.6. The molecule has 0 fully saturated rings. The van der Waals surface area contributed by atoms with Crippen LogP contribution in [0.1, 0.15) is 19.4 Å². The third-order valence-corrected chi connectivity index (χ3v) is 6.98. The highest BCUT2D eigenvalue weighted by Gasteiger charge is 2.29. The van der Waals surface area contributed by atoms with E-state index in [0.717, 1.165) is 4.31 Å². The predicted molar refractivity (Wildman–Crippen MR) is 138 cm³/mol. The smallest absolute Gasteiger partial charge is 0.264 e. The van der Waals surface area contributed by atoms with E-state index in [1.807, 2.05) is 0 Å². The minimum absolute atomic E-state index is 0.0501. The SMILES string of the molecule is CCOc1ccccc1N(CC(=O)N/N=C(/C)c1ccc(OC)c(OC)c1)S(=O)(=O)c1ccccc1. The lowest BCUT2D eigenvalue weighted by Crippen LogP contribution is -2.40. The fourth-order valence-electron chi connectivity index (χ4n) is 3.40. The number of sulfonamides is 1. The average Bonchev–Trinajstić information content (AvgIpc) is 2.91. The van der Waals surface area contributed by atoms with E-state index in [2.05, 4.69) is 10.5 Å². The maximum Gasteiger partial charge on any atom is 0.264 e. The summed E-state index contributed by atoms with van der Waals surface area (Å²) in [5.74, 6) is 0.800. The molecule has 0 saturated heterocycles. The first-order valence-corrected chi connectivity index (χ1v) is 12.6. The van der Waals surface area contributed by atoms with Crippen molar-refractivity contribution in [3.05, 3.63) is 78.4 Å². The van der Waals surface area contributed by atoms with Crippen molar-refractivity contribution < 1.29 is 27.4 Å². The van der Waals surface area contributed by atoms with Crippen molar-refractivity contribution in [2.24, 2.45) is 5.10 Å². The average molecular weight is 512 g/mol. The van der Waals surface area contributed by atoms with E-state index >= 15 is 0 Å². The molecule has 0 saturated carbocycles. The second-order valence-electron chi connectivity index (χ2n) is 7.53. The molecule has 3 aromatic carbocycles. The number of rotatable bonds is 11. The quantitative estimate of drug-likeness (QED) is 0.310. The summed E-state index contributed by atoms with van der Waals surface area (Å²) >= 11 is 0. The zero-order valence-corrected chi connectivity index (χ0v) is 21.4. The van der Waals surface area contributed by atoms with Crippen molar-refractivity contribution in [3.8, 4) is 17.2 Å². The van der Waals surface area contributed by atoms with Crippen LogP contribution in [0.3, 0.4) is 0 Å². The van der Waals surface area contributed by atoms with E-state index < -0.39 is 22.5 Å². The van der Waals surface area contributed by atoms with Crippen molar-refractivity contribution in [1.29, 1.82) is 0 Å². The molecular formula is C26H29N3O6S. The second-order valence-corrected chi connectivity index (χ2v) is 9.39. The zero-order valence-electron chi connectivity index (χ0n) is 20.6. The number of amides is 1. The highest BCUT2D eigenvalue weighted by atomic mass is 32.2. The number of hydrogen-bond donors (Lipinski definition) is 1. The Kier molecular flexibility index (Phi) is 8.91. The normalized spacial score (nSPS) is 11.5. The van der Waals surface area contributed by atoms with Gasteiger partial charge in [0.25, 0.3) is 15.9 Å². The third-order valence-electron chi connectivity index (χ3n) is 5.20. The van der Waals surface area contributed by atoms with Gasteiger partial charge in [0.2, 0.25) is 0 Å². The molecule has 0 radical (unpaired) electrons. The summed E-state index contributed by atoms with van der Waals surface area (Å²) < 4.78 is 44.3. The molecule has 0 aliphatic rings. The molecule has 0 unspecified atom stereocenters. The molecule has 3 aromatic rings. The number of nitrogens with one attached hydrogen (secondary N) is 1. The Morgan fingerprint density at radius 2 is 1.58 bits per heavy atom. The molecule has 36 heavy (non-hydrogen) atoms. The Morgan fingerprint density at radius 3 is 2.25 bits per heavy atom. The summed E-state index contributed by atoms with van der Waals surface area (Å²) in [4.78, 5) is 13.0. The number of carbonyl (C=O) groups excluding carboxylic acids is 1. The van der Waals surface area contributed by atoms with E-state index in [1.54, 1.807) is 74.5 Å². The summed E-state index contributed by atoms with van der Waals surface area (Å²) in [6, 6.07) is 19.8. The van der Waals surface area contributed by atoms with Crippen LogP contribution in [0.25, 0.3) is 0 Å². The van der Waals surface area contributed by atoms with Gasteiger partial charge in [-0.25, -0.2) is 13.8 Å². The van der Waals surface area contributed by atoms with Crippen LogP contribution in [0.15, 0.2) is 82.8 Å². The predicted octanol–water partition coefficient (Wildman–Crippen LogP) is 3.84. The number of methoxy groups -OCH3 is 2. The van der Waals surface area contributed by atoms with Gasteiger partial charge in [-0.15, -0.1) is 0 Å². The van der Waals surface area contributed by atoms with Crippen LogP contribution in [-0.2, 0) is 14.8 Å². The first-order chi connectivity index (χ1) is 17.3. The lowest BCUT2D eigenvalue weighted by Gasteiger charge is -2.25. The molecular weight excluding hydrogens is 482 g/mol. The van der Waals surface area contributed by atoms with Gasteiger partial charge in [0, 0.05) is 5.56 Å². The van der Waals surface area contributed by atoms with Crippen LogP contribution < -0.4 is 23.9 Å². The van der Waals surface area contributed by atoms with Gasteiger partial charge in [-0.3, -0.25) is 9.10 Å². The summed E-state index contributed by atoms with van der Waals surface area (Å²) in [5, 5.41) is 4.15. The molecule has 3 rings (SSSR count). The van der Waals surface area contributed by atoms with Crippen LogP contribution >= 0.6 is 0 Å². The fraction of sp³-hybridized carbons (Fsp3) is 0.231. The molecule has 1 amide bonds. The van der Waals surface area contributed by atoms with Gasteiger partial charge < -0.3 is 14.2 Å². The number of para-hydroxylation sites is 2. The van der Waals surface area contributed by atoms with Crippen LogP contribution in [0.4, 0.5) is 5.69 Å². The molecule has 190 valence electrons. The maximum absolute atomic E-state index is 13.5. The van der Waals surface area contributed by atoms with Crippen molar-refractivity contribution in [2.75, 3.05) is 31.7 Å². The first-order valence-electron chi connectivity index (χ1n) is 11.2. The molecule has 10 heteroatoms. The van der Waals surface area contributed by atoms with Gasteiger partial charge in [-0.1, -0.05) is 30.3 Å². The number of ether oxygens (including phenoxy) is 3. The fourth-order valence-corrected chi connectivity index (χ4v) is 4.85. The maximum atomic E-state index is 13.5. The van der Waals surface area contributed by atoms with E-state index in [4.69, 9.17) is 14.2 Å². The highest BCUT2D eigenvalue weighted by Crippen LogP contribution is 2.32. The minimum Gasteiger partial charge on any atom is -0.493 e. The molecule has 1 N–H and O–H groups in total. The topological polar surface area (TPSA) is 107 Å². The molecule has 9 nitrogen and oxygen atoms in total. The van der Waals surface area contributed by atoms with Crippen molar-refractivity contribution in [3.63, 3.8) is 0 Å². The molecule has 0 bridgehead atoms. The standard InChI is InChI=1S/C26H29N3O6S/c1-5-35-23-14-10-9-13-22(23)29(36(31,32)21-11-7-6-8-12-21)18-26(30)28-27-19(2)20-15-16-24(33-3)25(17-20)34-4/h6-17H,5,18H2,1-4H3,(H,28,30)/b27-19-. The Labute approximate surface area is 211 Å². The summed E-state index contributed by atoms with van der Waals surface area (Å²) in [6.45, 7) is 3.33. The van der Waals surface area contributed by atoms with E-state index in [9.17, 15) is 13.2 Å². The summed E-state index contributed by atoms with van der Waals surface area (Å²) in [5.41, 5.74) is 3.90.